The number of imidazole rings is 1. The zero-order valence-electron chi connectivity index (χ0n) is 11.5. The van der Waals surface area contributed by atoms with Gasteiger partial charge >= 0.3 is 6.18 Å². The quantitative estimate of drug-likeness (QED) is 0.898. The number of nitrogens with zero attached hydrogens (tertiary/aromatic N) is 3. The fourth-order valence-electron chi connectivity index (χ4n) is 1.93. The highest BCUT2D eigenvalue weighted by Crippen LogP contribution is 2.40. The van der Waals surface area contributed by atoms with Gasteiger partial charge in [0.1, 0.15) is 5.82 Å². The molecule has 0 bridgehead atoms. The number of hydrogen-bond donors (Lipinski definition) is 2. The minimum atomic E-state index is -5.06. The van der Waals surface area contributed by atoms with E-state index >= 15 is 0 Å². The van der Waals surface area contributed by atoms with Crippen LogP contribution < -0.4 is 5.32 Å². The second-order valence-corrected chi connectivity index (χ2v) is 4.66. The van der Waals surface area contributed by atoms with Crippen molar-refractivity contribution in [2.24, 2.45) is 7.05 Å². The Morgan fingerprint density at radius 2 is 2.05 bits per heavy atom. The number of aromatic nitrogens is 3. The molecule has 2 aromatic heterocycles. The van der Waals surface area contributed by atoms with E-state index in [1.54, 1.807) is 12.1 Å². The molecule has 1 atom stereocenters. The second kappa shape index (κ2) is 5.76. The van der Waals surface area contributed by atoms with Crippen LogP contribution in [0.3, 0.4) is 0 Å². The van der Waals surface area contributed by atoms with E-state index in [-0.39, 0.29) is 5.82 Å². The van der Waals surface area contributed by atoms with Crippen molar-refractivity contribution in [2.75, 3.05) is 5.32 Å². The van der Waals surface area contributed by atoms with Crippen LogP contribution in [0.5, 0.6) is 0 Å². The van der Waals surface area contributed by atoms with Gasteiger partial charge in [0.15, 0.2) is 5.82 Å². The first-order valence-electron chi connectivity index (χ1n) is 6.22. The van der Waals surface area contributed by atoms with Crippen LogP contribution >= 0.6 is 0 Å². The van der Waals surface area contributed by atoms with Crippen molar-refractivity contribution in [3.8, 4) is 0 Å². The maximum atomic E-state index is 13.2. The van der Waals surface area contributed by atoms with Gasteiger partial charge in [-0.3, -0.25) is 4.79 Å². The van der Waals surface area contributed by atoms with Gasteiger partial charge in [-0.1, -0.05) is 6.07 Å². The van der Waals surface area contributed by atoms with E-state index in [2.05, 4.69) is 15.3 Å². The molecule has 1 amide bonds. The molecule has 0 aliphatic rings. The van der Waals surface area contributed by atoms with E-state index in [9.17, 15) is 23.1 Å². The lowest BCUT2D eigenvalue weighted by Gasteiger charge is -2.29. The maximum absolute atomic E-state index is 13.2. The Kier molecular flexibility index (Phi) is 4.18. The lowest BCUT2D eigenvalue weighted by Crippen LogP contribution is -2.46. The third kappa shape index (κ3) is 3.08. The van der Waals surface area contributed by atoms with Gasteiger partial charge < -0.3 is 15.0 Å². The topological polar surface area (TPSA) is 80.0 Å². The van der Waals surface area contributed by atoms with Crippen LogP contribution in [-0.4, -0.2) is 31.7 Å². The number of nitrogens with one attached hydrogen (secondary N) is 1. The first-order chi connectivity index (χ1) is 10.2. The van der Waals surface area contributed by atoms with Crippen LogP contribution in [0.4, 0.5) is 19.0 Å². The Balaban J connectivity index is 2.25. The van der Waals surface area contributed by atoms with E-state index in [4.69, 9.17) is 0 Å². The SMILES string of the molecule is Cn1ccnc1[C@@](O)(CC(=O)Nc1ccccn1)C(F)(F)F. The van der Waals surface area contributed by atoms with Crippen molar-refractivity contribution in [1.82, 2.24) is 14.5 Å². The van der Waals surface area contributed by atoms with Crippen molar-refractivity contribution in [3.05, 3.63) is 42.6 Å². The van der Waals surface area contributed by atoms with Crippen LogP contribution in [0.1, 0.15) is 12.2 Å². The van der Waals surface area contributed by atoms with Gasteiger partial charge in [0, 0.05) is 25.6 Å². The summed E-state index contributed by atoms with van der Waals surface area (Å²) in [5.74, 6) is -1.59. The fourth-order valence-corrected chi connectivity index (χ4v) is 1.93. The van der Waals surface area contributed by atoms with E-state index in [0.29, 0.717) is 0 Å². The van der Waals surface area contributed by atoms with Crippen molar-refractivity contribution in [1.29, 1.82) is 0 Å². The number of amides is 1. The molecule has 22 heavy (non-hydrogen) atoms. The summed E-state index contributed by atoms with van der Waals surface area (Å²) in [6.45, 7) is 0. The summed E-state index contributed by atoms with van der Waals surface area (Å²) in [5.41, 5.74) is -3.38. The maximum Gasteiger partial charge on any atom is 0.425 e. The molecule has 0 aromatic carbocycles. The molecule has 118 valence electrons. The molecule has 0 saturated heterocycles. The van der Waals surface area contributed by atoms with Crippen LogP contribution in [0.25, 0.3) is 0 Å². The third-order valence-corrected chi connectivity index (χ3v) is 3.01. The molecule has 0 spiro atoms. The number of carbonyl (C=O) groups excluding carboxylic acids is 1. The molecule has 2 aromatic rings. The molecule has 0 aliphatic heterocycles. The lowest BCUT2D eigenvalue weighted by molar-refractivity contribution is -0.270. The van der Waals surface area contributed by atoms with Gasteiger partial charge in [0.25, 0.3) is 0 Å². The average Bonchev–Trinajstić information content (AvgIpc) is 2.85. The molecule has 2 rings (SSSR count). The van der Waals surface area contributed by atoms with E-state index in [1.165, 1.54) is 25.5 Å². The number of halogens is 3. The summed E-state index contributed by atoms with van der Waals surface area (Å²) < 4.78 is 40.8. The molecular formula is C13H13F3N4O2. The summed E-state index contributed by atoms with van der Waals surface area (Å²) in [7, 11) is 1.30. The number of hydrogen-bond acceptors (Lipinski definition) is 4. The van der Waals surface area contributed by atoms with Crippen molar-refractivity contribution < 1.29 is 23.1 Å². The van der Waals surface area contributed by atoms with E-state index in [0.717, 1.165) is 10.8 Å². The highest BCUT2D eigenvalue weighted by atomic mass is 19.4. The lowest BCUT2D eigenvalue weighted by atomic mass is 9.97. The van der Waals surface area contributed by atoms with Crippen molar-refractivity contribution >= 4 is 11.7 Å². The number of pyridine rings is 1. The summed E-state index contributed by atoms with van der Waals surface area (Å²) in [4.78, 5) is 19.1. The highest BCUT2D eigenvalue weighted by molar-refractivity contribution is 5.90. The van der Waals surface area contributed by atoms with Gasteiger partial charge in [-0.2, -0.15) is 13.2 Å². The molecule has 0 fully saturated rings. The monoisotopic (exact) mass is 314 g/mol. The van der Waals surface area contributed by atoms with Crippen LogP contribution in [0.2, 0.25) is 0 Å². The van der Waals surface area contributed by atoms with Crippen molar-refractivity contribution in [3.63, 3.8) is 0 Å². The van der Waals surface area contributed by atoms with Gasteiger partial charge in [0.2, 0.25) is 11.5 Å². The second-order valence-electron chi connectivity index (χ2n) is 4.66. The predicted molar refractivity (Wildman–Crippen MR) is 70.6 cm³/mol. The molecule has 6 nitrogen and oxygen atoms in total. The van der Waals surface area contributed by atoms with Crippen LogP contribution in [0.15, 0.2) is 36.8 Å². The van der Waals surface area contributed by atoms with Gasteiger partial charge in [-0.15, -0.1) is 0 Å². The van der Waals surface area contributed by atoms with E-state index < -0.39 is 29.9 Å². The molecule has 0 unspecified atom stereocenters. The Bertz CT molecular complexity index is 657. The standard InChI is InChI=1S/C13H13F3N4O2/c1-20-7-6-18-11(20)12(22,13(14,15)16)8-10(21)19-9-4-2-3-5-17-9/h2-7,22H,8H2,1H3,(H,17,19,21)/t12-/m0/s1. The number of anilines is 1. The van der Waals surface area contributed by atoms with Crippen molar-refractivity contribution in [2.45, 2.75) is 18.2 Å². The molecule has 0 saturated carbocycles. The fraction of sp³-hybridized carbons (Fsp3) is 0.308. The van der Waals surface area contributed by atoms with Gasteiger partial charge in [-0.05, 0) is 12.1 Å². The normalized spacial score (nSPS) is 14.4. The number of aliphatic hydroxyl groups is 1. The third-order valence-electron chi connectivity index (χ3n) is 3.01. The number of rotatable bonds is 4. The number of aryl methyl sites for hydroxylation is 1. The molecule has 2 heterocycles. The first-order valence-corrected chi connectivity index (χ1v) is 6.22. The van der Waals surface area contributed by atoms with E-state index in [1.807, 2.05) is 0 Å². The molecule has 9 heteroatoms. The molecule has 0 radical (unpaired) electrons. The molecular weight excluding hydrogens is 301 g/mol. The Morgan fingerprint density at radius 1 is 1.32 bits per heavy atom. The Morgan fingerprint density at radius 3 is 2.55 bits per heavy atom. The van der Waals surface area contributed by atoms with Crippen LogP contribution in [0, 0.1) is 0 Å². The summed E-state index contributed by atoms with van der Waals surface area (Å²) in [5, 5.41) is 12.3. The first kappa shape index (κ1) is 16.0. The predicted octanol–water partition coefficient (Wildman–Crippen LogP) is 1.59. The molecule has 2 N–H and O–H groups in total. The smallest absolute Gasteiger partial charge is 0.374 e. The van der Waals surface area contributed by atoms with Gasteiger partial charge in [-0.25, -0.2) is 9.97 Å². The minimum Gasteiger partial charge on any atom is -0.374 e. The average molecular weight is 314 g/mol. The summed E-state index contributed by atoms with van der Waals surface area (Å²) in [6.07, 6.45) is -2.54. The zero-order chi connectivity index (χ0) is 16.4. The number of carbonyl (C=O) groups is 1. The summed E-state index contributed by atoms with van der Waals surface area (Å²) in [6, 6.07) is 4.58. The minimum absolute atomic E-state index is 0.0943. The van der Waals surface area contributed by atoms with Crippen LogP contribution in [-0.2, 0) is 17.4 Å². The number of alkyl halides is 3. The largest absolute Gasteiger partial charge is 0.425 e. The Labute approximate surface area is 123 Å². The molecule has 0 aliphatic carbocycles. The zero-order valence-corrected chi connectivity index (χ0v) is 11.5. The summed E-state index contributed by atoms with van der Waals surface area (Å²) >= 11 is 0. The highest BCUT2D eigenvalue weighted by Gasteiger charge is 2.58. The van der Waals surface area contributed by atoms with Gasteiger partial charge in [0.05, 0.1) is 6.42 Å². The Hall–Kier alpha value is -2.42.